The van der Waals surface area contributed by atoms with Crippen molar-refractivity contribution in [3.05, 3.63) is 0 Å². The largest absolute Gasteiger partial charge is 0.375 e. The molecule has 5 nitrogen and oxygen atoms in total. The number of nitrogen functional groups attached to an aromatic ring is 1. The van der Waals surface area contributed by atoms with Crippen LogP contribution in [0.3, 0.4) is 0 Å². The highest BCUT2D eigenvalue weighted by atomic mass is 32.2. The molecule has 2 aromatic rings. The Morgan fingerprint density at radius 1 is 1.23 bits per heavy atom. The zero-order valence-electron chi connectivity index (χ0n) is 13.6. The maximum Gasteiger partial charge on any atom is 0.191 e. The Bertz CT molecular complexity index is 599. The highest BCUT2D eigenvalue weighted by molar-refractivity contribution is 7.99. The van der Waals surface area contributed by atoms with Gasteiger partial charge in [-0.25, -0.2) is 15.0 Å². The Hall–Kier alpha value is -1.08. The summed E-state index contributed by atoms with van der Waals surface area (Å²) in [6.07, 6.45) is 4.81. The van der Waals surface area contributed by atoms with Crippen LogP contribution in [0.2, 0.25) is 0 Å². The molecule has 7 heteroatoms. The van der Waals surface area contributed by atoms with E-state index >= 15 is 0 Å². The smallest absolute Gasteiger partial charge is 0.191 e. The number of thioether (sulfide) groups is 1. The molecular weight excluding hydrogens is 314 g/mol. The Morgan fingerprint density at radius 2 is 2.05 bits per heavy atom. The number of fused-ring (bicyclic) bond motifs is 1. The van der Waals surface area contributed by atoms with Crippen molar-refractivity contribution < 1.29 is 0 Å². The number of anilines is 2. The van der Waals surface area contributed by atoms with Gasteiger partial charge in [-0.2, -0.15) is 0 Å². The van der Waals surface area contributed by atoms with E-state index in [-0.39, 0.29) is 0 Å². The van der Waals surface area contributed by atoms with Crippen LogP contribution in [0.5, 0.6) is 0 Å². The third kappa shape index (κ3) is 4.71. The van der Waals surface area contributed by atoms with Gasteiger partial charge in [-0.1, -0.05) is 63.1 Å². The van der Waals surface area contributed by atoms with Crippen molar-refractivity contribution in [3.8, 4) is 0 Å². The lowest BCUT2D eigenvalue weighted by Gasteiger charge is -2.11. The summed E-state index contributed by atoms with van der Waals surface area (Å²) < 4.78 is 0.957. The third-order valence-electron chi connectivity index (χ3n) is 3.54. The number of nitrogens with two attached hydrogens (primary N) is 1. The van der Waals surface area contributed by atoms with E-state index in [1.807, 2.05) is 0 Å². The average molecular weight is 340 g/mol. The predicted octanol–water partition coefficient (Wildman–Crippen LogP) is 4.41. The molecule has 0 spiro atoms. The molecule has 0 aliphatic heterocycles. The van der Waals surface area contributed by atoms with E-state index in [2.05, 4.69) is 41.0 Å². The van der Waals surface area contributed by atoms with Gasteiger partial charge in [-0.15, -0.1) is 0 Å². The van der Waals surface area contributed by atoms with Gasteiger partial charge < -0.3 is 11.1 Å². The standard InChI is InChI=1S/C15H25N5S2/c1-4-6-7-8-21-15-19-12(17-9-10(3)5-2)11-13(20-15)18-14(16)22-11/h10H,4-9H2,1-3H3,(H3,16,17,18,19,20). The molecule has 0 radical (unpaired) electrons. The predicted molar refractivity (Wildman–Crippen MR) is 97.8 cm³/mol. The summed E-state index contributed by atoms with van der Waals surface area (Å²) in [5, 5.41) is 4.78. The number of aromatic nitrogens is 3. The summed E-state index contributed by atoms with van der Waals surface area (Å²) in [4.78, 5) is 13.5. The molecular formula is C15H25N5S2. The molecule has 0 aliphatic carbocycles. The lowest BCUT2D eigenvalue weighted by Crippen LogP contribution is -2.12. The van der Waals surface area contributed by atoms with Crippen LogP contribution in [-0.2, 0) is 0 Å². The quantitative estimate of drug-likeness (QED) is 0.400. The van der Waals surface area contributed by atoms with E-state index < -0.39 is 0 Å². The molecule has 0 bridgehead atoms. The normalized spacial score (nSPS) is 12.7. The maximum absolute atomic E-state index is 5.84. The van der Waals surface area contributed by atoms with Gasteiger partial charge in [-0.05, 0) is 12.3 Å². The van der Waals surface area contributed by atoms with Crippen LogP contribution in [0.25, 0.3) is 10.3 Å². The number of hydrogen-bond donors (Lipinski definition) is 2. The number of thiazole rings is 1. The Balaban J connectivity index is 2.15. The molecule has 2 rings (SSSR count). The number of hydrogen-bond acceptors (Lipinski definition) is 7. The van der Waals surface area contributed by atoms with Crippen LogP contribution in [0.15, 0.2) is 5.16 Å². The molecule has 0 saturated heterocycles. The lowest BCUT2D eigenvalue weighted by molar-refractivity contribution is 0.592. The topological polar surface area (TPSA) is 76.7 Å². The maximum atomic E-state index is 5.84. The fraction of sp³-hybridized carbons (Fsp3) is 0.667. The first-order valence-corrected chi connectivity index (χ1v) is 9.75. The number of unbranched alkanes of at least 4 members (excludes halogenated alkanes) is 2. The van der Waals surface area contributed by atoms with Gasteiger partial charge in [0, 0.05) is 12.3 Å². The summed E-state index contributed by atoms with van der Waals surface area (Å²) in [6, 6.07) is 0. The van der Waals surface area contributed by atoms with Gasteiger partial charge in [0.25, 0.3) is 0 Å². The molecule has 3 N–H and O–H groups in total. The van der Waals surface area contributed by atoms with Gasteiger partial charge in [-0.3, -0.25) is 0 Å². The molecule has 0 saturated carbocycles. The fourth-order valence-corrected chi connectivity index (χ4v) is 3.51. The van der Waals surface area contributed by atoms with Crippen LogP contribution in [-0.4, -0.2) is 27.2 Å². The average Bonchev–Trinajstić information content (AvgIpc) is 2.89. The summed E-state index contributed by atoms with van der Waals surface area (Å²) in [6.45, 7) is 7.54. The van der Waals surface area contributed by atoms with Crippen molar-refractivity contribution in [2.75, 3.05) is 23.3 Å². The van der Waals surface area contributed by atoms with Gasteiger partial charge in [0.05, 0.1) is 0 Å². The minimum Gasteiger partial charge on any atom is -0.375 e. The second-order valence-electron chi connectivity index (χ2n) is 5.51. The van der Waals surface area contributed by atoms with Gasteiger partial charge >= 0.3 is 0 Å². The van der Waals surface area contributed by atoms with Crippen molar-refractivity contribution in [1.29, 1.82) is 0 Å². The van der Waals surface area contributed by atoms with Crippen molar-refractivity contribution in [2.24, 2.45) is 5.92 Å². The SMILES string of the molecule is CCCCCSc1nc(NCC(C)CC)c2sc(N)nc2n1. The van der Waals surface area contributed by atoms with Crippen molar-refractivity contribution in [1.82, 2.24) is 15.0 Å². The molecule has 122 valence electrons. The second-order valence-corrected chi connectivity index (χ2v) is 7.60. The zero-order chi connectivity index (χ0) is 15.9. The first-order valence-electron chi connectivity index (χ1n) is 7.94. The number of nitrogens with zero attached hydrogens (tertiary/aromatic N) is 3. The molecule has 1 atom stereocenters. The van der Waals surface area contributed by atoms with E-state index in [1.54, 1.807) is 11.8 Å². The number of rotatable bonds is 9. The monoisotopic (exact) mass is 339 g/mol. The Morgan fingerprint density at radius 3 is 2.77 bits per heavy atom. The van der Waals surface area contributed by atoms with Crippen LogP contribution in [0, 0.1) is 5.92 Å². The summed E-state index contributed by atoms with van der Waals surface area (Å²) in [5.41, 5.74) is 6.55. The highest BCUT2D eigenvalue weighted by Crippen LogP contribution is 2.31. The van der Waals surface area contributed by atoms with Crippen molar-refractivity contribution >= 4 is 44.4 Å². The molecule has 2 heterocycles. The molecule has 0 amide bonds. The Kier molecular flexibility index (Phi) is 6.70. The summed E-state index contributed by atoms with van der Waals surface area (Å²) in [7, 11) is 0. The second kappa shape index (κ2) is 8.53. The number of nitrogens with one attached hydrogen (secondary N) is 1. The minimum atomic E-state index is 0.545. The van der Waals surface area contributed by atoms with Crippen LogP contribution < -0.4 is 11.1 Å². The van der Waals surface area contributed by atoms with Gasteiger partial charge in [0.15, 0.2) is 21.8 Å². The molecule has 1 unspecified atom stereocenters. The highest BCUT2D eigenvalue weighted by Gasteiger charge is 2.13. The third-order valence-corrected chi connectivity index (χ3v) is 5.36. The minimum absolute atomic E-state index is 0.545. The van der Waals surface area contributed by atoms with Crippen LogP contribution >= 0.6 is 23.1 Å². The van der Waals surface area contributed by atoms with Crippen molar-refractivity contribution in [3.63, 3.8) is 0 Å². The van der Waals surface area contributed by atoms with Crippen LogP contribution in [0.4, 0.5) is 10.9 Å². The first-order chi connectivity index (χ1) is 10.6. The lowest BCUT2D eigenvalue weighted by atomic mass is 10.1. The van der Waals surface area contributed by atoms with Crippen molar-refractivity contribution in [2.45, 2.75) is 51.6 Å². The zero-order valence-corrected chi connectivity index (χ0v) is 15.2. The molecule has 0 aliphatic rings. The van der Waals surface area contributed by atoms with Gasteiger partial charge in [0.2, 0.25) is 0 Å². The van der Waals surface area contributed by atoms with E-state index in [0.29, 0.717) is 16.7 Å². The van der Waals surface area contributed by atoms with E-state index in [4.69, 9.17) is 5.73 Å². The van der Waals surface area contributed by atoms with E-state index in [0.717, 1.165) is 34.4 Å². The first kappa shape index (κ1) is 17.3. The molecule has 2 aromatic heterocycles. The van der Waals surface area contributed by atoms with E-state index in [9.17, 15) is 0 Å². The van der Waals surface area contributed by atoms with Gasteiger partial charge in [0.1, 0.15) is 4.70 Å². The molecule has 0 fully saturated rings. The van der Waals surface area contributed by atoms with Crippen LogP contribution in [0.1, 0.15) is 46.5 Å². The molecule has 0 aromatic carbocycles. The summed E-state index contributed by atoms with van der Waals surface area (Å²) >= 11 is 3.15. The molecule has 22 heavy (non-hydrogen) atoms. The summed E-state index contributed by atoms with van der Waals surface area (Å²) in [5.74, 6) is 2.53. The fourth-order valence-electron chi connectivity index (χ4n) is 1.94. The Labute approximate surface area is 140 Å². The van der Waals surface area contributed by atoms with E-state index in [1.165, 1.54) is 30.6 Å².